The molecule has 2 nitrogen and oxygen atoms in total. The lowest BCUT2D eigenvalue weighted by atomic mass is 10.0. The van der Waals surface area contributed by atoms with Crippen LogP contribution in [0.25, 0.3) is 0 Å². The van der Waals surface area contributed by atoms with Crippen LogP contribution in [-0.4, -0.2) is 12.9 Å². The molecule has 94 valence electrons. The van der Waals surface area contributed by atoms with Gasteiger partial charge in [-0.1, -0.05) is 0 Å². The molecule has 0 aliphatic heterocycles. The zero-order valence-corrected chi connectivity index (χ0v) is 11.2. The highest BCUT2D eigenvalue weighted by molar-refractivity contribution is 7.12. The Hall–Kier alpha value is -1.68. The van der Waals surface area contributed by atoms with E-state index in [1.807, 2.05) is 19.9 Å². The Morgan fingerprint density at radius 3 is 2.50 bits per heavy atom. The van der Waals surface area contributed by atoms with Gasteiger partial charge in [0.2, 0.25) is 0 Å². The van der Waals surface area contributed by atoms with Gasteiger partial charge in [0, 0.05) is 20.9 Å². The minimum absolute atomic E-state index is 0.143. The fourth-order valence-electron chi connectivity index (χ4n) is 1.82. The van der Waals surface area contributed by atoms with E-state index in [9.17, 15) is 9.18 Å². The highest BCUT2D eigenvalue weighted by atomic mass is 32.1. The van der Waals surface area contributed by atoms with Crippen LogP contribution in [0, 0.1) is 19.7 Å². The summed E-state index contributed by atoms with van der Waals surface area (Å²) < 4.78 is 18.4. The van der Waals surface area contributed by atoms with Gasteiger partial charge in [0.1, 0.15) is 0 Å². The van der Waals surface area contributed by atoms with Crippen molar-refractivity contribution in [1.29, 1.82) is 0 Å². The van der Waals surface area contributed by atoms with Crippen LogP contribution in [0.5, 0.6) is 5.75 Å². The fraction of sp³-hybridized carbons (Fsp3) is 0.214. The van der Waals surface area contributed by atoms with E-state index < -0.39 is 5.82 Å². The minimum Gasteiger partial charge on any atom is -0.494 e. The number of hydrogen-bond donors (Lipinski definition) is 0. The molecule has 0 spiro atoms. The van der Waals surface area contributed by atoms with Crippen LogP contribution in [0.15, 0.2) is 24.3 Å². The number of halogens is 1. The zero-order chi connectivity index (χ0) is 13.3. The van der Waals surface area contributed by atoms with E-state index in [0.717, 1.165) is 9.75 Å². The number of thiophene rings is 1. The molecular weight excluding hydrogens is 251 g/mol. The summed E-state index contributed by atoms with van der Waals surface area (Å²) in [6, 6.07) is 6.10. The molecule has 0 unspecified atom stereocenters. The molecule has 4 heteroatoms. The van der Waals surface area contributed by atoms with E-state index in [2.05, 4.69) is 0 Å². The summed E-state index contributed by atoms with van der Waals surface area (Å²) in [5.41, 5.74) is 0.983. The lowest BCUT2D eigenvalue weighted by molar-refractivity contribution is 0.103. The summed E-state index contributed by atoms with van der Waals surface area (Å²) in [6.45, 7) is 3.84. The molecular formula is C14H13FO2S. The number of carbonyl (C=O) groups is 1. The molecule has 1 aromatic heterocycles. The minimum atomic E-state index is -0.520. The molecule has 1 heterocycles. The second-order valence-corrected chi connectivity index (χ2v) is 5.47. The Morgan fingerprint density at radius 2 is 2.00 bits per heavy atom. The molecule has 0 amide bonds. The Morgan fingerprint density at radius 1 is 1.28 bits per heavy atom. The van der Waals surface area contributed by atoms with Gasteiger partial charge >= 0.3 is 0 Å². The quantitative estimate of drug-likeness (QED) is 0.789. The van der Waals surface area contributed by atoms with Crippen molar-refractivity contribution in [3.05, 3.63) is 51.0 Å². The lowest BCUT2D eigenvalue weighted by Gasteiger charge is -2.04. The maximum Gasteiger partial charge on any atom is 0.194 e. The van der Waals surface area contributed by atoms with Crippen LogP contribution in [-0.2, 0) is 0 Å². The first-order valence-electron chi connectivity index (χ1n) is 5.48. The van der Waals surface area contributed by atoms with Crippen LogP contribution < -0.4 is 4.74 Å². The van der Waals surface area contributed by atoms with E-state index in [1.165, 1.54) is 19.2 Å². The molecule has 18 heavy (non-hydrogen) atoms. The van der Waals surface area contributed by atoms with Gasteiger partial charge in [-0.2, -0.15) is 0 Å². The molecule has 0 saturated heterocycles. The van der Waals surface area contributed by atoms with Gasteiger partial charge in [-0.25, -0.2) is 4.39 Å². The third kappa shape index (κ3) is 2.29. The molecule has 1 aromatic carbocycles. The second kappa shape index (κ2) is 4.90. The Bertz CT molecular complexity index is 602. The first-order valence-corrected chi connectivity index (χ1v) is 6.30. The molecule has 0 fully saturated rings. The Kier molecular flexibility index (Phi) is 3.48. The fourth-order valence-corrected chi connectivity index (χ4v) is 2.74. The summed E-state index contributed by atoms with van der Waals surface area (Å²) >= 11 is 1.56. The third-order valence-electron chi connectivity index (χ3n) is 2.70. The maximum absolute atomic E-state index is 13.6. The monoisotopic (exact) mass is 264 g/mol. The molecule has 2 rings (SSSR count). The summed E-state index contributed by atoms with van der Waals surface area (Å²) in [5, 5.41) is 0. The van der Waals surface area contributed by atoms with Crippen molar-refractivity contribution >= 4 is 17.1 Å². The molecule has 0 aliphatic carbocycles. The van der Waals surface area contributed by atoms with Crippen molar-refractivity contribution in [2.45, 2.75) is 13.8 Å². The van der Waals surface area contributed by atoms with Crippen molar-refractivity contribution < 1.29 is 13.9 Å². The van der Waals surface area contributed by atoms with E-state index in [-0.39, 0.29) is 11.5 Å². The summed E-state index contributed by atoms with van der Waals surface area (Å²) in [6.07, 6.45) is 0. The maximum atomic E-state index is 13.6. The van der Waals surface area contributed by atoms with E-state index >= 15 is 0 Å². The topological polar surface area (TPSA) is 26.3 Å². The smallest absolute Gasteiger partial charge is 0.194 e. The number of carbonyl (C=O) groups excluding carboxylic acids is 1. The molecule has 0 radical (unpaired) electrons. The predicted molar refractivity (Wildman–Crippen MR) is 70.2 cm³/mol. The van der Waals surface area contributed by atoms with Crippen molar-refractivity contribution in [3.63, 3.8) is 0 Å². The molecule has 0 aliphatic rings. The van der Waals surface area contributed by atoms with Crippen LogP contribution in [0.3, 0.4) is 0 Å². The van der Waals surface area contributed by atoms with Gasteiger partial charge in [0.15, 0.2) is 17.3 Å². The van der Waals surface area contributed by atoms with Gasteiger partial charge in [-0.3, -0.25) is 4.79 Å². The van der Waals surface area contributed by atoms with Crippen LogP contribution in [0.1, 0.15) is 25.7 Å². The standard InChI is InChI=1S/C14H13FO2S/c1-8-6-11(9(2)18-8)14(16)10-4-5-13(17-3)12(15)7-10/h4-7H,1-3H3. The Balaban J connectivity index is 2.40. The van der Waals surface area contributed by atoms with Crippen LogP contribution in [0.2, 0.25) is 0 Å². The number of aryl methyl sites for hydroxylation is 2. The molecule has 0 saturated carbocycles. The SMILES string of the molecule is COc1ccc(C(=O)c2cc(C)sc2C)cc1F. The average Bonchev–Trinajstić information content (AvgIpc) is 2.67. The average molecular weight is 264 g/mol. The molecule has 0 bridgehead atoms. The summed E-state index contributed by atoms with van der Waals surface area (Å²) in [7, 11) is 1.40. The number of ketones is 1. The van der Waals surface area contributed by atoms with E-state index in [0.29, 0.717) is 11.1 Å². The third-order valence-corrected chi connectivity index (χ3v) is 3.67. The van der Waals surface area contributed by atoms with Crippen molar-refractivity contribution in [1.82, 2.24) is 0 Å². The normalized spacial score (nSPS) is 10.4. The second-order valence-electron chi connectivity index (χ2n) is 4.01. The molecule has 0 atom stereocenters. The number of methoxy groups -OCH3 is 1. The zero-order valence-electron chi connectivity index (χ0n) is 10.4. The molecule has 0 N–H and O–H groups in total. The van der Waals surface area contributed by atoms with Crippen LogP contribution >= 0.6 is 11.3 Å². The summed E-state index contributed by atoms with van der Waals surface area (Å²) in [5.74, 6) is -0.531. The van der Waals surface area contributed by atoms with Gasteiger partial charge in [0.25, 0.3) is 0 Å². The number of ether oxygens (including phenoxy) is 1. The van der Waals surface area contributed by atoms with Gasteiger partial charge in [-0.15, -0.1) is 11.3 Å². The van der Waals surface area contributed by atoms with E-state index in [1.54, 1.807) is 17.4 Å². The lowest BCUT2D eigenvalue weighted by Crippen LogP contribution is -2.02. The predicted octanol–water partition coefficient (Wildman–Crippen LogP) is 3.74. The highest BCUT2D eigenvalue weighted by Crippen LogP contribution is 2.25. The van der Waals surface area contributed by atoms with Crippen molar-refractivity contribution in [2.75, 3.05) is 7.11 Å². The summed E-state index contributed by atoms with van der Waals surface area (Å²) in [4.78, 5) is 14.3. The van der Waals surface area contributed by atoms with Crippen molar-refractivity contribution in [3.8, 4) is 5.75 Å². The van der Waals surface area contributed by atoms with Crippen LogP contribution in [0.4, 0.5) is 4.39 Å². The highest BCUT2D eigenvalue weighted by Gasteiger charge is 2.16. The number of hydrogen-bond acceptors (Lipinski definition) is 3. The first-order chi connectivity index (χ1) is 8.52. The largest absolute Gasteiger partial charge is 0.494 e. The number of benzene rings is 1. The van der Waals surface area contributed by atoms with Gasteiger partial charge in [-0.05, 0) is 38.1 Å². The van der Waals surface area contributed by atoms with E-state index in [4.69, 9.17) is 4.74 Å². The number of rotatable bonds is 3. The van der Waals surface area contributed by atoms with Gasteiger partial charge < -0.3 is 4.74 Å². The first kappa shape index (κ1) is 12.8. The Labute approximate surface area is 109 Å². The van der Waals surface area contributed by atoms with Gasteiger partial charge in [0.05, 0.1) is 7.11 Å². The molecule has 2 aromatic rings. The van der Waals surface area contributed by atoms with Crippen molar-refractivity contribution in [2.24, 2.45) is 0 Å².